The SMILES string of the molecule is Cc1cc(C[C@]2(C(C)(C)C)[C@@H](CO)OC(C)(C)N2C(=O)O)ccn1. The summed E-state index contributed by atoms with van der Waals surface area (Å²) in [7, 11) is 0. The summed E-state index contributed by atoms with van der Waals surface area (Å²) in [5.74, 6) is 0. The zero-order chi connectivity index (χ0) is 18.3. The molecule has 1 fully saturated rings. The Bertz CT molecular complexity index is 624. The third-order valence-corrected chi connectivity index (χ3v) is 4.99. The number of aryl methyl sites for hydroxylation is 1. The van der Waals surface area contributed by atoms with Crippen LogP contribution in [0.5, 0.6) is 0 Å². The molecule has 0 spiro atoms. The topological polar surface area (TPSA) is 82.9 Å². The fraction of sp³-hybridized carbons (Fsp3) is 0.667. The quantitative estimate of drug-likeness (QED) is 0.887. The minimum absolute atomic E-state index is 0.242. The molecule has 0 radical (unpaired) electrons. The molecule has 2 atom stereocenters. The number of hydrogen-bond acceptors (Lipinski definition) is 4. The van der Waals surface area contributed by atoms with Gasteiger partial charge in [0.15, 0.2) is 0 Å². The first-order valence-corrected chi connectivity index (χ1v) is 8.19. The predicted molar refractivity (Wildman–Crippen MR) is 90.8 cm³/mol. The van der Waals surface area contributed by atoms with Crippen LogP contribution in [-0.4, -0.2) is 50.2 Å². The zero-order valence-corrected chi connectivity index (χ0v) is 15.3. The molecule has 6 nitrogen and oxygen atoms in total. The van der Waals surface area contributed by atoms with Crippen LogP contribution in [0, 0.1) is 12.3 Å². The number of aliphatic hydroxyl groups excluding tert-OH is 1. The highest BCUT2D eigenvalue weighted by atomic mass is 16.6. The number of ether oxygens (including phenoxy) is 1. The Kier molecular flexibility index (Phi) is 4.67. The van der Waals surface area contributed by atoms with E-state index >= 15 is 0 Å². The van der Waals surface area contributed by atoms with E-state index in [9.17, 15) is 15.0 Å². The van der Waals surface area contributed by atoms with Crippen LogP contribution >= 0.6 is 0 Å². The van der Waals surface area contributed by atoms with Crippen LogP contribution in [0.3, 0.4) is 0 Å². The predicted octanol–water partition coefficient (Wildman–Crippen LogP) is 2.82. The average Bonchev–Trinajstić information content (AvgIpc) is 2.66. The summed E-state index contributed by atoms with van der Waals surface area (Å²) in [6.07, 6.45) is 0.510. The molecule has 2 heterocycles. The lowest BCUT2D eigenvalue weighted by molar-refractivity contribution is -0.0771. The number of pyridine rings is 1. The second kappa shape index (κ2) is 6.01. The molecule has 1 saturated heterocycles. The van der Waals surface area contributed by atoms with E-state index in [0.29, 0.717) is 6.42 Å². The number of carboxylic acid groups (broad SMARTS) is 1. The van der Waals surface area contributed by atoms with Crippen LogP contribution in [0.4, 0.5) is 4.79 Å². The van der Waals surface area contributed by atoms with E-state index < -0.39 is 28.9 Å². The Morgan fingerprint density at radius 1 is 1.42 bits per heavy atom. The molecule has 24 heavy (non-hydrogen) atoms. The molecule has 0 aliphatic carbocycles. The Morgan fingerprint density at radius 3 is 2.50 bits per heavy atom. The van der Waals surface area contributed by atoms with Crippen LogP contribution < -0.4 is 0 Å². The number of carbonyl (C=O) groups is 1. The van der Waals surface area contributed by atoms with Gasteiger partial charge in [0, 0.05) is 11.9 Å². The van der Waals surface area contributed by atoms with Gasteiger partial charge in [-0.2, -0.15) is 0 Å². The third-order valence-electron chi connectivity index (χ3n) is 4.99. The molecule has 1 aromatic heterocycles. The van der Waals surface area contributed by atoms with Crippen molar-refractivity contribution >= 4 is 6.09 Å². The molecule has 0 bridgehead atoms. The van der Waals surface area contributed by atoms with E-state index in [4.69, 9.17) is 4.74 Å². The Balaban J connectivity index is 2.65. The fourth-order valence-electron chi connectivity index (χ4n) is 4.01. The third kappa shape index (κ3) is 2.89. The Labute approximate surface area is 143 Å². The van der Waals surface area contributed by atoms with E-state index in [1.165, 1.54) is 4.90 Å². The summed E-state index contributed by atoms with van der Waals surface area (Å²) < 4.78 is 6.00. The maximum absolute atomic E-state index is 12.2. The number of nitrogens with zero attached hydrogens (tertiary/aromatic N) is 2. The van der Waals surface area contributed by atoms with Gasteiger partial charge in [0.05, 0.1) is 12.1 Å². The first-order valence-electron chi connectivity index (χ1n) is 8.19. The molecule has 2 N–H and O–H groups in total. The van der Waals surface area contributed by atoms with Crippen LogP contribution in [0.15, 0.2) is 18.3 Å². The number of amides is 1. The van der Waals surface area contributed by atoms with Gasteiger partial charge in [-0.15, -0.1) is 0 Å². The maximum Gasteiger partial charge on any atom is 0.410 e. The van der Waals surface area contributed by atoms with Gasteiger partial charge >= 0.3 is 6.09 Å². The van der Waals surface area contributed by atoms with E-state index in [1.807, 2.05) is 39.8 Å². The fourth-order valence-corrected chi connectivity index (χ4v) is 4.01. The van der Waals surface area contributed by atoms with Crippen LogP contribution in [0.25, 0.3) is 0 Å². The van der Waals surface area contributed by atoms with Gasteiger partial charge in [0.2, 0.25) is 0 Å². The van der Waals surface area contributed by atoms with Crippen molar-refractivity contribution in [1.29, 1.82) is 0 Å². The molecule has 6 heteroatoms. The van der Waals surface area contributed by atoms with E-state index in [-0.39, 0.29) is 6.61 Å². The minimum atomic E-state index is -1.04. The smallest absolute Gasteiger partial charge is 0.410 e. The van der Waals surface area contributed by atoms with Crippen molar-refractivity contribution in [2.45, 2.75) is 65.3 Å². The van der Waals surface area contributed by atoms with Gasteiger partial charge in [-0.3, -0.25) is 9.88 Å². The van der Waals surface area contributed by atoms with Gasteiger partial charge in [-0.1, -0.05) is 20.8 Å². The van der Waals surface area contributed by atoms with E-state index in [2.05, 4.69) is 4.98 Å². The standard InChI is InChI=1S/C18H28N2O4/c1-12-9-13(7-8-19-12)10-18(16(2,3)4)14(11-21)24-17(5,6)20(18)15(22)23/h7-9,14,21H,10-11H2,1-6H3,(H,22,23)/t14-,18-/m1/s1. The van der Waals surface area contributed by atoms with Crippen molar-refractivity contribution in [3.8, 4) is 0 Å². The largest absolute Gasteiger partial charge is 0.465 e. The highest BCUT2D eigenvalue weighted by molar-refractivity contribution is 5.68. The van der Waals surface area contributed by atoms with Crippen molar-refractivity contribution in [3.63, 3.8) is 0 Å². The summed E-state index contributed by atoms with van der Waals surface area (Å²) in [5, 5.41) is 19.9. The van der Waals surface area contributed by atoms with Gasteiger partial charge in [0.25, 0.3) is 0 Å². The average molecular weight is 336 g/mol. The van der Waals surface area contributed by atoms with Crippen molar-refractivity contribution in [1.82, 2.24) is 9.88 Å². The molecule has 134 valence electrons. The van der Waals surface area contributed by atoms with E-state index in [1.54, 1.807) is 20.0 Å². The summed E-state index contributed by atoms with van der Waals surface area (Å²) in [4.78, 5) is 17.7. The highest BCUT2D eigenvalue weighted by Crippen LogP contribution is 2.51. The van der Waals surface area contributed by atoms with Crippen LogP contribution in [-0.2, 0) is 11.2 Å². The zero-order valence-electron chi connectivity index (χ0n) is 15.3. The summed E-state index contributed by atoms with van der Waals surface area (Å²) in [6, 6.07) is 3.84. The molecule has 1 amide bonds. The molecule has 1 aromatic rings. The lowest BCUT2D eigenvalue weighted by Crippen LogP contribution is -2.65. The summed E-state index contributed by atoms with van der Waals surface area (Å²) in [5.41, 5.74) is -0.524. The normalized spacial score (nSPS) is 26.6. The van der Waals surface area contributed by atoms with Crippen molar-refractivity contribution in [2.24, 2.45) is 5.41 Å². The molecule has 0 aromatic carbocycles. The molecule has 2 rings (SSSR count). The molecule has 1 aliphatic rings. The Hall–Kier alpha value is -1.66. The monoisotopic (exact) mass is 336 g/mol. The Morgan fingerprint density at radius 2 is 2.04 bits per heavy atom. The van der Waals surface area contributed by atoms with Gasteiger partial charge in [-0.25, -0.2) is 4.79 Å². The molecule has 0 saturated carbocycles. The van der Waals surface area contributed by atoms with Gasteiger partial charge < -0.3 is 14.9 Å². The van der Waals surface area contributed by atoms with Gasteiger partial charge in [0.1, 0.15) is 11.8 Å². The van der Waals surface area contributed by atoms with Crippen molar-refractivity contribution in [3.05, 3.63) is 29.6 Å². The maximum atomic E-state index is 12.2. The van der Waals surface area contributed by atoms with Crippen LogP contribution in [0.2, 0.25) is 0 Å². The first kappa shape index (κ1) is 18.7. The molecule has 0 unspecified atom stereocenters. The van der Waals surface area contributed by atoms with E-state index in [0.717, 1.165) is 11.3 Å². The lowest BCUT2D eigenvalue weighted by atomic mass is 9.66. The number of rotatable bonds is 3. The first-order chi connectivity index (χ1) is 11.0. The summed E-state index contributed by atoms with van der Waals surface area (Å²) >= 11 is 0. The molecular formula is C18H28N2O4. The van der Waals surface area contributed by atoms with Crippen LogP contribution in [0.1, 0.15) is 45.9 Å². The summed E-state index contributed by atoms with van der Waals surface area (Å²) in [6.45, 7) is 11.1. The molecule has 1 aliphatic heterocycles. The number of aromatic nitrogens is 1. The number of hydrogen-bond donors (Lipinski definition) is 2. The number of aliphatic hydroxyl groups is 1. The minimum Gasteiger partial charge on any atom is -0.465 e. The lowest BCUT2D eigenvalue weighted by Gasteiger charge is -2.50. The van der Waals surface area contributed by atoms with Crippen molar-refractivity contribution < 1.29 is 19.7 Å². The molecular weight excluding hydrogens is 308 g/mol. The van der Waals surface area contributed by atoms with Crippen molar-refractivity contribution in [2.75, 3.05) is 6.61 Å². The second-order valence-corrected chi connectivity index (χ2v) is 8.01. The highest BCUT2D eigenvalue weighted by Gasteiger charge is 2.64. The van der Waals surface area contributed by atoms with Gasteiger partial charge in [-0.05, 0) is 50.3 Å². The second-order valence-electron chi connectivity index (χ2n) is 8.01.